The van der Waals surface area contributed by atoms with E-state index in [9.17, 15) is 19.1 Å². The van der Waals surface area contributed by atoms with Gasteiger partial charge in [-0.1, -0.05) is 42.5 Å². The number of methoxy groups -OCH3 is 1. The summed E-state index contributed by atoms with van der Waals surface area (Å²) >= 11 is 0. The number of amides is 2. The Bertz CT molecular complexity index is 1180. The van der Waals surface area contributed by atoms with Crippen molar-refractivity contribution in [3.05, 3.63) is 71.6 Å². The molecular formula is C31H39FN2O5. The van der Waals surface area contributed by atoms with Crippen molar-refractivity contribution in [2.24, 2.45) is 16.7 Å². The van der Waals surface area contributed by atoms with Gasteiger partial charge in [-0.05, 0) is 55.9 Å². The minimum Gasteiger partial charge on any atom is -0.393 e. The molecule has 2 amide bonds. The third-order valence-corrected chi connectivity index (χ3v) is 9.06. The first kappa shape index (κ1) is 27.7. The number of aliphatic hydroxyl groups excluding tert-OH is 1. The van der Waals surface area contributed by atoms with Gasteiger partial charge < -0.3 is 24.8 Å². The van der Waals surface area contributed by atoms with Crippen molar-refractivity contribution in [3.63, 3.8) is 0 Å². The Morgan fingerprint density at radius 2 is 2.15 bits per heavy atom. The molecule has 2 N–H and O–H groups in total. The monoisotopic (exact) mass is 538 g/mol. The highest BCUT2D eigenvalue weighted by atomic mass is 19.1. The van der Waals surface area contributed by atoms with Crippen molar-refractivity contribution in [2.45, 2.75) is 63.8 Å². The molecule has 8 heteroatoms. The fourth-order valence-electron chi connectivity index (χ4n) is 7.41. The first-order valence-corrected chi connectivity index (χ1v) is 14.0. The average molecular weight is 539 g/mol. The Hall–Kier alpha value is -2.81. The number of ether oxygens (including phenoxy) is 2. The van der Waals surface area contributed by atoms with E-state index in [-0.39, 0.29) is 42.6 Å². The molecule has 1 aromatic carbocycles. The molecule has 1 aromatic rings. The molecule has 1 spiro atoms. The van der Waals surface area contributed by atoms with Crippen LogP contribution in [0.25, 0.3) is 0 Å². The van der Waals surface area contributed by atoms with Gasteiger partial charge in [-0.15, -0.1) is 0 Å². The van der Waals surface area contributed by atoms with Crippen LogP contribution in [0.1, 0.15) is 44.6 Å². The number of hydrogen-bond acceptors (Lipinski definition) is 5. The normalized spacial score (nSPS) is 33.2. The van der Waals surface area contributed by atoms with E-state index in [0.29, 0.717) is 51.0 Å². The molecule has 2 bridgehead atoms. The van der Waals surface area contributed by atoms with Crippen LogP contribution in [0.4, 0.5) is 4.39 Å². The first-order valence-electron chi connectivity index (χ1n) is 14.0. The largest absolute Gasteiger partial charge is 0.393 e. The van der Waals surface area contributed by atoms with Gasteiger partial charge in [0.25, 0.3) is 0 Å². The maximum Gasteiger partial charge on any atom is 0.233 e. The van der Waals surface area contributed by atoms with E-state index in [2.05, 4.69) is 17.5 Å². The topological polar surface area (TPSA) is 88.1 Å². The fraction of sp³-hybridized carbons (Fsp3) is 0.548. The summed E-state index contributed by atoms with van der Waals surface area (Å²) in [5, 5.41) is 14.8. The summed E-state index contributed by atoms with van der Waals surface area (Å²) < 4.78 is 25.2. The number of aliphatic hydroxyl groups is 1. The van der Waals surface area contributed by atoms with Crippen molar-refractivity contribution in [2.75, 3.05) is 26.9 Å². The van der Waals surface area contributed by atoms with Gasteiger partial charge in [0.2, 0.25) is 11.8 Å². The number of nitrogens with zero attached hydrogens (tertiary/aromatic N) is 1. The molecule has 5 rings (SSSR count). The maximum atomic E-state index is 14.4. The highest BCUT2D eigenvalue weighted by Gasteiger charge is 2.65. The number of halogens is 1. The van der Waals surface area contributed by atoms with E-state index in [1.54, 1.807) is 19.2 Å². The summed E-state index contributed by atoms with van der Waals surface area (Å²) in [6.07, 6.45) is 11.6. The van der Waals surface area contributed by atoms with Gasteiger partial charge in [-0.2, -0.15) is 0 Å². The molecule has 6 unspecified atom stereocenters. The maximum absolute atomic E-state index is 14.4. The fourth-order valence-corrected chi connectivity index (χ4v) is 7.41. The zero-order chi connectivity index (χ0) is 27.6. The molecule has 1 saturated heterocycles. The lowest BCUT2D eigenvalue weighted by Crippen LogP contribution is -2.70. The number of fused-ring (bicyclic) bond motifs is 3. The highest BCUT2D eigenvalue weighted by Crippen LogP contribution is 2.61. The van der Waals surface area contributed by atoms with Crippen molar-refractivity contribution < 1.29 is 28.6 Å². The van der Waals surface area contributed by atoms with Crippen LogP contribution < -0.4 is 5.32 Å². The minimum absolute atomic E-state index is 0.00604. The Kier molecular flexibility index (Phi) is 8.08. The third kappa shape index (κ3) is 4.98. The summed E-state index contributed by atoms with van der Waals surface area (Å²) in [6.45, 7) is 3.65. The number of piperidine rings is 1. The average Bonchev–Trinajstić information content (AvgIpc) is 3.10. The van der Waals surface area contributed by atoms with Gasteiger partial charge in [0, 0.05) is 51.2 Å². The standard InChI is InChI=1S/C31H39FN2O5/c1-3-39-15-7-14-34-26(36)11-13-31(29(37)33-20-21-8-6-10-23(32)16-21)22-9-4-5-12-30(18-22)19-24(38-2)17-25(35)27(30)28(31)34/h4-6,8-10,12,16,18,24-25,27-28,35H,3,7,11,13-15,17,19-20H2,1-2H3,(H,33,37). The lowest BCUT2D eigenvalue weighted by molar-refractivity contribution is -0.167. The van der Waals surface area contributed by atoms with E-state index < -0.39 is 23.0 Å². The van der Waals surface area contributed by atoms with Crippen LogP contribution in [0, 0.1) is 22.6 Å². The first-order chi connectivity index (χ1) is 18.8. The second-order valence-electron chi connectivity index (χ2n) is 11.2. The summed E-state index contributed by atoms with van der Waals surface area (Å²) in [4.78, 5) is 29.8. The number of benzene rings is 1. The second kappa shape index (κ2) is 11.4. The molecule has 0 aromatic heterocycles. The number of rotatable bonds is 9. The van der Waals surface area contributed by atoms with Crippen LogP contribution >= 0.6 is 0 Å². The predicted octanol–water partition coefficient (Wildman–Crippen LogP) is 3.68. The van der Waals surface area contributed by atoms with Gasteiger partial charge in [-0.25, -0.2) is 4.39 Å². The van der Waals surface area contributed by atoms with Crippen LogP contribution in [0.5, 0.6) is 0 Å². The Morgan fingerprint density at radius 1 is 1.31 bits per heavy atom. The number of carbonyl (C=O) groups excluding carboxylic acids is 2. The number of carbonyl (C=O) groups is 2. The van der Waals surface area contributed by atoms with E-state index in [0.717, 1.165) is 5.57 Å². The van der Waals surface area contributed by atoms with Crippen molar-refractivity contribution in [3.8, 4) is 0 Å². The van der Waals surface area contributed by atoms with Crippen LogP contribution in [-0.4, -0.2) is 66.9 Å². The van der Waals surface area contributed by atoms with Gasteiger partial charge in [0.1, 0.15) is 5.82 Å². The molecule has 3 aliphatic carbocycles. The molecule has 4 aliphatic rings. The molecule has 1 saturated carbocycles. The molecule has 1 aliphatic heterocycles. The molecule has 0 radical (unpaired) electrons. The van der Waals surface area contributed by atoms with Gasteiger partial charge >= 0.3 is 0 Å². The zero-order valence-corrected chi connectivity index (χ0v) is 22.8. The zero-order valence-electron chi connectivity index (χ0n) is 22.8. The lowest BCUT2D eigenvalue weighted by Gasteiger charge is -2.61. The van der Waals surface area contributed by atoms with E-state index in [1.165, 1.54) is 12.1 Å². The summed E-state index contributed by atoms with van der Waals surface area (Å²) in [7, 11) is 1.66. The highest BCUT2D eigenvalue weighted by molar-refractivity contribution is 5.92. The molecule has 6 atom stereocenters. The minimum atomic E-state index is -1.05. The predicted molar refractivity (Wildman–Crippen MR) is 145 cm³/mol. The van der Waals surface area contributed by atoms with Crippen LogP contribution in [-0.2, 0) is 25.6 Å². The van der Waals surface area contributed by atoms with Gasteiger partial charge in [0.15, 0.2) is 0 Å². The van der Waals surface area contributed by atoms with E-state index in [1.807, 2.05) is 30.1 Å². The molecule has 1 heterocycles. The number of likely N-dealkylation sites (tertiary alicyclic amines) is 1. The number of allylic oxidation sites excluding steroid dienone is 5. The van der Waals surface area contributed by atoms with E-state index >= 15 is 0 Å². The molecule has 39 heavy (non-hydrogen) atoms. The van der Waals surface area contributed by atoms with Crippen LogP contribution in [0.3, 0.4) is 0 Å². The number of nitrogens with one attached hydrogen (secondary N) is 1. The third-order valence-electron chi connectivity index (χ3n) is 9.06. The summed E-state index contributed by atoms with van der Waals surface area (Å²) in [5.41, 5.74) is -0.0969. The quantitative estimate of drug-likeness (QED) is 0.469. The smallest absolute Gasteiger partial charge is 0.233 e. The Balaban J connectivity index is 1.59. The molecule has 210 valence electrons. The molecule has 7 nitrogen and oxygen atoms in total. The number of hydrogen-bond donors (Lipinski definition) is 2. The SMILES string of the molecule is CCOCCCN1C(=O)CCC2(C(=O)NCc3cccc(F)c3)C3=CC4(C=CC=C3)CC(OC)CC(O)C4C12. The van der Waals surface area contributed by atoms with Crippen molar-refractivity contribution in [1.29, 1.82) is 0 Å². The van der Waals surface area contributed by atoms with Gasteiger partial charge in [0.05, 0.1) is 23.7 Å². The van der Waals surface area contributed by atoms with E-state index in [4.69, 9.17) is 9.47 Å². The molecule has 2 fully saturated rings. The van der Waals surface area contributed by atoms with Gasteiger partial charge in [-0.3, -0.25) is 9.59 Å². The van der Waals surface area contributed by atoms with Crippen LogP contribution in [0.2, 0.25) is 0 Å². The molecular weight excluding hydrogens is 499 g/mol. The lowest BCUT2D eigenvalue weighted by atomic mass is 9.48. The summed E-state index contributed by atoms with van der Waals surface area (Å²) in [5.74, 6) is -0.956. The van der Waals surface area contributed by atoms with Crippen molar-refractivity contribution in [1.82, 2.24) is 10.2 Å². The Morgan fingerprint density at radius 3 is 2.92 bits per heavy atom. The van der Waals surface area contributed by atoms with Crippen molar-refractivity contribution >= 4 is 11.8 Å². The second-order valence-corrected chi connectivity index (χ2v) is 11.2. The van der Waals surface area contributed by atoms with Crippen LogP contribution in [0.15, 0.2) is 60.2 Å². The Labute approximate surface area is 229 Å². The summed E-state index contributed by atoms with van der Waals surface area (Å²) in [6, 6.07) is 5.64.